The minimum absolute atomic E-state index is 0.0787. The van der Waals surface area contributed by atoms with Crippen LogP contribution in [0.3, 0.4) is 0 Å². The normalized spacial score (nSPS) is 14.6. The van der Waals surface area contributed by atoms with Crippen LogP contribution < -0.4 is 5.73 Å². The minimum Gasteiger partial charge on any atom is -0.341 e. The summed E-state index contributed by atoms with van der Waals surface area (Å²) in [5.41, 5.74) is 5.88. The summed E-state index contributed by atoms with van der Waals surface area (Å²) < 4.78 is 0. The van der Waals surface area contributed by atoms with Crippen molar-refractivity contribution in [1.29, 1.82) is 0 Å². The number of carbonyl (C=O) groups is 1. The Hall–Kier alpha value is 0.130. The molecule has 3 nitrogen and oxygen atoms in total. The second-order valence-electron chi connectivity index (χ2n) is 3.85. The van der Waals surface area contributed by atoms with Crippen molar-refractivity contribution < 1.29 is 4.79 Å². The van der Waals surface area contributed by atoms with Crippen molar-refractivity contribution in [3.8, 4) is 0 Å². The molecule has 0 aliphatic heterocycles. The van der Waals surface area contributed by atoms with Crippen molar-refractivity contribution in [2.24, 2.45) is 5.73 Å². The van der Waals surface area contributed by atoms with Gasteiger partial charge in [-0.05, 0) is 31.1 Å². The lowest BCUT2D eigenvalue weighted by Gasteiger charge is -2.29. The minimum atomic E-state index is -0.339. The molecule has 0 heterocycles. The summed E-state index contributed by atoms with van der Waals surface area (Å²) in [6, 6.07) is -0.0313. The fourth-order valence-electron chi connectivity index (χ4n) is 1.51. The quantitative estimate of drug-likeness (QED) is 0.724. The number of rotatable bonds is 8. The van der Waals surface area contributed by atoms with Gasteiger partial charge in [-0.25, -0.2) is 0 Å². The lowest BCUT2D eigenvalue weighted by Crippen LogP contribution is -2.47. The third-order valence-electron chi connectivity index (χ3n) is 2.68. The van der Waals surface area contributed by atoms with E-state index in [1.807, 2.05) is 18.2 Å². The van der Waals surface area contributed by atoms with Crippen molar-refractivity contribution in [1.82, 2.24) is 4.90 Å². The van der Waals surface area contributed by atoms with Gasteiger partial charge in [0.25, 0.3) is 0 Å². The number of hydrogen-bond acceptors (Lipinski definition) is 4. The van der Waals surface area contributed by atoms with E-state index < -0.39 is 0 Å². The smallest absolute Gasteiger partial charge is 0.239 e. The highest BCUT2D eigenvalue weighted by molar-refractivity contribution is 7.98. The number of amides is 1. The fourth-order valence-corrected chi connectivity index (χ4v) is 2.84. The maximum atomic E-state index is 12.0. The van der Waals surface area contributed by atoms with E-state index in [-0.39, 0.29) is 11.9 Å². The molecule has 16 heavy (non-hydrogen) atoms. The summed E-state index contributed by atoms with van der Waals surface area (Å²) in [6.07, 6.45) is 5.84. The predicted octanol–water partition coefficient (Wildman–Crippen LogP) is 1.67. The van der Waals surface area contributed by atoms with Crippen molar-refractivity contribution in [3.63, 3.8) is 0 Å². The second kappa shape index (κ2) is 9.19. The van der Waals surface area contributed by atoms with E-state index in [0.29, 0.717) is 6.04 Å². The highest BCUT2D eigenvalue weighted by Gasteiger charge is 2.22. The molecular weight excluding hydrogens is 240 g/mol. The van der Waals surface area contributed by atoms with Gasteiger partial charge in [-0.3, -0.25) is 4.79 Å². The Labute approximate surface area is 108 Å². The van der Waals surface area contributed by atoms with E-state index in [0.717, 1.165) is 24.3 Å². The van der Waals surface area contributed by atoms with Gasteiger partial charge in [0, 0.05) is 18.8 Å². The Kier molecular flexibility index (Phi) is 9.26. The largest absolute Gasteiger partial charge is 0.341 e. The summed E-state index contributed by atoms with van der Waals surface area (Å²) in [5, 5.41) is 0. The molecule has 0 fully saturated rings. The molecule has 1 amide bonds. The molecule has 0 aliphatic rings. The van der Waals surface area contributed by atoms with Gasteiger partial charge in [0.15, 0.2) is 0 Å². The lowest BCUT2D eigenvalue weighted by atomic mass is 10.1. The zero-order valence-corrected chi connectivity index (χ0v) is 12.4. The predicted molar refractivity (Wildman–Crippen MR) is 76.2 cm³/mol. The highest BCUT2D eigenvalue weighted by atomic mass is 32.2. The topological polar surface area (TPSA) is 46.3 Å². The average Bonchev–Trinajstić information content (AvgIpc) is 2.31. The number of thioether (sulfide) groups is 2. The first kappa shape index (κ1) is 16.1. The van der Waals surface area contributed by atoms with Gasteiger partial charge in [0.05, 0.1) is 6.04 Å². The van der Waals surface area contributed by atoms with E-state index in [1.165, 1.54) is 0 Å². The van der Waals surface area contributed by atoms with Crippen LogP contribution in [0, 0.1) is 0 Å². The van der Waals surface area contributed by atoms with Crippen LogP contribution in [0.15, 0.2) is 0 Å². The van der Waals surface area contributed by atoms with Crippen molar-refractivity contribution in [3.05, 3.63) is 0 Å². The Bertz CT molecular complexity index is 202. The lowest BCUT2D eigenvalue weighted by molar-refractivity contribution is -0.133. The Morgan fingerprint density at radius 3 is 2.44 bits per heavy atom. The summed E-state index contributed by atoms with van der Waals surface area (Å²) in [6.45, 7) is 2.11. The van der Waals surface area contributed by atoms with Gasteiger partial charge in [-0.1, -0.05) is 6.92 Å². The molecule has 1 unspecified atom stereocenters. The van der Waals surface area contributed by atoms with Crippen LogP contribution in [0.25, 0.3) is 0 Å². The van der Waals surface area contributed by atoms with Crippen LogP contribution in [0.5, 0.6) is 0 Å². The molecule has 0 bridgehead atoms. The summed E-state index contributed by atoms with van der Waals surface area (Å²) >= 11 is 3.50. The highest BCUT2D eigenvalue weighted by Crippen LogP contribution is 2.10. The van der Waals surface area contributed by atoms with E-state index in [9.17, 15) is 4.79 Å². The molecule has 0 saturated heterocycles. The van der Waals surface area contributed by atoms with Gasteiger partial charge >= 0.3 is 0 Å². The van der Waals surface area contributed by atoms with Crippen LogP contribution in [0.1, 0.15) is 19.8 Å². The molecule has 0 spiro atoms. The van der Waals surface area contributed by atoms with E-state index >= 15 is 0 Å². The maximum absolute atomic E-state index is 12.0. The van der Waals surface area contributed by atoms with Crippen LogP contribution in [-0.4, -0.2) is 54.0 Å². The molecule has 0 aliphatic carbocycles. The van der Waals surface area contributed by atoms with Crippen LogP contribution in [-0.2, 0) is 4.79 Å². The molecule has 0 aromatic heterocycles. The van der Waals surface area contributed by atoms with Crippen molar-refractivity contribution in [2.45, 2.75) is 31.8 Å². The first-order valence-corrected chi connectivity index (χ1v) is 8.37. The summed E-state index contributed by atoms with van der Waals surface area (Å²) in [5.74, 6) is 2.00. The van der Waals surface area contributed by atoms with E-state index in [1.54, 1.807) is 23.5 Å². The number of nitrogens with zero attached hydrogens (tertiary/aromatic N) is 1. The van der Waals surface area contributed by atoms with Gasteiger partial charge in [0.1, 0.15) is 0 Å². The monoisotopic (exact) mass is 264 g/mol. The zero-order valence-electron chi connectivity index (χ0n) is 10.7. The van der Waals surface area contributed by atoms with Crippen molar-refractivity contribution in [2.75, 3.05) is 31.1 Å². The molecule has 0 rings (SSSR count). The fraction of sp³-hybridized carbons (Fsp3) is 0.909. The molecule has 0 saturated carbocycles. The molecular formula is C11H24N2OS2. The number of hydrogen-bond donors (Lipinski definition) is 1. The van der Waals surface area contributed by atoms with E-state index in [2.05, 4.69) is 13.2 Å². The van der Waals surface area contributed by atoms with E-state index in [4.69, 9.17) is 5.73 Å². The molecule has 0 aromatic rings. The number of likely N-dealkylation sites (N-methyl/N-ethyl adjacent to an activating group) is 1. The third kappa shape index (κ3) is 5.46. The van der Waals surface area contributed by atoms with Crippen LogP contribution >= 0.6 is 23.5 Å². The second-order valence-corrected chi connectivity index (χ2v) is 5.75. The molecule has 2 atom stereocenters. The Balaban J connectivity index is 4.22. The summed E-state index contributed by atoms with van der Waals surface area (Å²) in [4.78, 5) is 13.8. The first-order chi connectivity index (χ1) is 7.58. The summed E-state index contributed by atoms with van der Waals surface area (Å²) in [7, 11) is 1.87. The molecule has 5 heteroatoms. The molecule has 0 aromatic carbocycles. The third-order valence-corrected chi connectivity index (χ3v) is 4.04. The first-order valence-electron chi connectivity index (χ1n) is 5.58. The number of nitrogens with two attached hydrogens (primary N) is 1. The van der Waals surface area contributed by atoms with Crippen LogP contribution in [0.2, 0.25) is 0 Å². The average molecular weight is 264 g/mol. The molecule has 0 radical (unpaired) electrons. The van der Waals surface area contributed by atoms with Crippen LogP contribution in [0.4, 0.5) is 0 Å². The van der Waals surface area contributed by atoms with Gasteiger partial charge < -0.3 is 10.6 Å². The standard InChI is InChI=1S/C11H24N2OS2/c1-5-9(8-16-4)13(2)11(14)10(12)6-7-15-3/h9-10H,5-8,12H2,1-4H3/t9?,10-/m0/s1. The molecule has 96 valence electrons. The van der Waals surface area contributed by atoms with Crippen molar-refractivity contribution >= 4 is 29.4 Å². The maximum Gasteiger partial charge on any atom is 0.239 e. The Morgan fingerprint density at radius 2 is 2.00 bits per heavy atom. The Morgan fingerprint density at radius 1 is 1.38 bits per heavy atom. The zero-order chi connectivity index (χ0) is 12.6. The van der Waals surface area contributed by atoms with Gasteiger partial charge in [-0.2, -0.15) is 23.5 Å². The van der Waals surface area contributed by atoms with Gasteiger partial charge in [-0.15, -0.1) is 0 Å². The number of carbonyl (C=O) groups excluding carboxylic acids is 1. The van der Waals surface area contributed by atoms with Gasteiger partial charge in [0.2, 0.25) is 5.91 Å². The SMILES string of the molecule is CCC(CSC)N(C)C(=O)[C@@H](N)CCSC. The molecule has 2 N–H and O–H groups in total.